The van der Waals surface area contributed by atoms with Crippen molar-refractivity contribution in [2.45, 2.75) is 12.8 Å². The quantitative estimate of drug-likeness (QED) is 0.853. The van der Waals surface area contributed by atoms with Crippen LogP contribution in [0.5, 0.6) is 5.75 Å². The lowest BCUT2D eigenvalue weighted by atomic mass is 10.2. The summed E-state index contributed by atoms with van der Waals surface area (Å²) in [5.41, 5.74) is 0.0198. The Morgan fingerprint density at radius 3 is 2.80 bits per heavy atom. The van der Waals surface area contributed by atoms with Crippen LogP contribution in [0.2, 0.25) is 0 Å². The van der Waals surface area contributed by atoms with E-state index in [1.165, 1.54) is 13.3 Å². The van der Waals surface area contributed by atoms with E-state index in [2.05, 4.69) is 20.9 Å². The Balaban J connectivity index is 3.30. The van der Waals surface area contributed by atoms with Crippen LogP contribution in [0.3, 0.4) is 0 Å². The zero-order chi connectivity index (χ0) is 11.4. The monoisotopic (exact) mass is 276 g/mol. The first kappa shape index (κ1) is 11.9. The Kier molecular flexibility index (Phi) is 3.97. The number of methoxy groups -OCH3 is 1. The number of halogens is 3. The Hall–Kier alpha value is -1.22. The molecule has 0 bridgehead atoms. The molecule has 0 saturated heterocycles. The third-order valence-electron chi connectivity index (χ3n) is 1.78. The SMILES string of the molecule is COc1cnc(CC#N)c(Br)c1C(F)F. The van der Waals surface area contributed by atoms with Crippen molar-refractivity contribution in [3.8, 4) is 11.8 Å². The molecule has 0 N–H and O–H groups in total. The van der Waals surface area contributed by atoms with Gasteiger partial charge in [-0.2, -0.15) is 5.26 Å². The molecular formula is C9H7BrF2N2O. The number of alkyl halides is 2. The Bertz CT molecular complexity index is 404. The highest BCUT2D eigenvalue weighted by Crippen LogP contribution is 2.36. The number of hydrogen-bond donors (Lipinski definition) is 0. The summed E-state index contributed by atoms with van der Waals surface area (Å²) in [6.45, 7) is 0. The van der Waals surface area contributed by atoms with Crippen LogP contribution in [0.4, 0.5) is 8.78 Å². The fraction of sp³-hybridized carbons (Fsp3) is 0.333. The van der Waals surface area contributed by atoms with E-state index < -0.39 is 6.43 Å². The Morgan fingerprint density at radius 1 is 1.67 bits per heavy atom. The van der Waals surface area contributed by atoms with Gasteiger partial charge in [-0.1, -0.05) is 0 Å². The Labute approximate surface area is 93.8 Å². The molecule has 1 heterocycles. The maximum Gasteiger partial charge on any atom is 0.268 e. The first-order valence-corrected chi connectivity index (χ1v) is 4.77. The van der Waals surface area contributed by atoms with Gasteiger partial charge in [0.15, 0.2) is 0 Å². The number of rotatable bonds is 3. The first-order chi connectivity index (χ1) is 7.11. The molecule has 1 aromatic rings. The number of ether oxygens (including phenoxy) is 1. The van der Waals surface area contributed by atoms with Crippen LogP contribution in [-0.4, -0.2) is 12.1 Å². The van der Waals surface area contributed by atoms with Crippen LogP contribution in [-0.2, 0) is 6.42 Å². The smallest absolute Gasteiger partial charge is 0.268 e. The number of nitriles is 1. The topological polar surface area (TPSA) is 45.9 Å². The molecule has 0 aliphatic rings. The zero-order valence-corrected chi connectivity index (χ0v) is 9.38. The summed E-state index contributed by atoms with van der Waals surface area (Å²) in [5.74, 6) is 0.0126. The summed E-state index contributed by atoms with van der Waals surface area (Å²) >= 11 is 3.00. The average molecular weight is 277 g/mol. The lowest BCUT2D eigenvalue weighted by Gasteiger charge is -2.11. The van der Waals surface area contributed by atoms with E-state index in [0.717, 1.165) is 0 Å². The molecule has 0 amide bonds. The summed E-state index contributed by atoms with van der Waals surface area (Å²) in [6, 6.07) is 1.85. The van der Waals surface area contributed by atoms with E-state index in [4.69, 9.17) is 10.00 Å². The normalized spacial score (nSPS) is 10.1. The second-order valence-electron chi connectivity index (χ2n) is 2.64. The van der Waals surface area contributed by atoms with Gasteiger partial charge in [0, 0.05) is 0 Å². The minimum absolute atomic E-state index is 0.0126. The molecule has 6 heteroatoms. The predicted octanol–water partition coefficient (Wildman–Crippen LogP) is 2.86. The molecule has 1 rings (SSSR count). The summed E-state index contributed by atoms with van der Waals surface area (Å²) in [6.07, 6.45) is -1.50. The van der Waals surface area contributed by atoms with E-state index in [9.17, 15) is 8.78 Å². The van der Waals surface area contributed by atoms with Crippen LogP contribution in [0.15, 0.2) is 10.7 Å². The third kappa shape index (κ3) is 2.42. The molecular weight excluding hydrogens is 270 g/mol. The molecule has 0 aliphatic heterocycles. The molecule has 1 aromatic heterocycles. The van der Waals surface area contributed by atoms with Gasteiger partial charge in [0.05, 0.1) is 41.5 Å². The van der Waals surface area contributed by atoms with Crippen LogP contribution in [0, 0.1) is 11.3 Å². The molecule has 0 saturated carbocycles. The average Bonchev–Trinajstić information content (AvgIpc) is 2.20. The number of pyridine rings is 1. The van der Waals surface area contributed by atoms with Gasteiger partial charge in [-0.15, -0.1) is 0 Å². The molecule has 0 spiro atoms. The van der Waals surface area contributed by atoms with E-state index in [0.29, 0.717) is 0 Å². The van der Waals surface area contributed by atoms with E-state index in [-0.39, 0.29) is 27.9 Å². The van der Waals surface area contributed by atoms with Crippen molar-refractivity contribution in [3.05, 3.63) is 21.9 Å². The molecule has 0 unspecified atom stereocenters. The van der Waals surface area contributed by atoms with Crippen molar-refractivity contribution < 1.29 is 13.5 Å². The van der Waals surface area contributed by atoms with Gasteiger partial charge < -0.3 is 4.74 Å². The van der Waals surface area contributed by atoms with Gasteiger partial charge in [0.25, 0.3) is 6.43 Å². The van der Waals surface area contributed by atoms with Gasteiger partial charge >= 0.3 is 0 Å². The summed E-state index contributed by atoms with van der Waals surface area (Å²) in [4.78, 5) is 3.85. The van der Waals surface area contributed by atoms with E-state index >= 15 is 0 Å². The molecule has 3 nitrogen and oxygen atoms in total. The van der Waals surface area contributed by atoms with E-state index in [1.807, 2.05) is 6.07 Å². The minimum atomic E-state index is -2.67. The van der Waals surface area contributed by atoms with Crippen molar-refractivity contribution >= 4 is 15.9 Å². The summed E-state index contributed by atoms with van der Waals surface area (Å²) < 4.78 is 30.3. The molecule has 80 valence electrons. The minimum Gasteiger partial charge on any atom is -0.495 e. The van der Waals surface area contributed by atoms with Crippen LogP contribution < -0.4 is 4.74 Å². The molecule has 15 heavy (non-hydrogen) atoms. The van der Waals surface area contributed by atoms with Crippen LogP contribution in [0.25, 0.3) is 0 Å². The van der Waals surface area contributed by atoms with Gasteiger partial charge in [0.2, 0.25) is 0 Å². The first-order valence-electron chi connectivity index (χ1n) is 3.98. The lowest BCUT2D eigenvalue weighted by molar-refractivity contribution is 0.146. The maximum atomic E-state index is 12.7. The van der Waals surface area contributed by atoms with Gasteiger partial charge in [-0.25, -0.2) is 8.78 Å². The molecule has 0 aromatic carbocycles. The van der Waals surface area contributed by atoms with E-state index in [1.54, 1.807) is 0 Å². The van der Waals surface area contributed by atoms with Crippen molar-refractivity contribution in [3.63, 3.8) is 0 Å². The van der Waals surface area contributed by atoms with Gasteiger partial charge in [-0.3, -0.25) is 4.98 Å². The number of hydrogen-bond acceptors (Lipinski definition) is 3. The van der Waals surface area contributed by atoms with Gasteiger partial charge in [0.1, 0.15) is 5.75 Å². The molecule has 0 fully saturated rings. The predicted molar refractivity (Wildman–Crippen MR) is 52.8 cm³/mol. The largest absolute Gasteiger partial charge is 0.495 e. The second-order valence-corrected chi connectivity index (χ2v) is 3.43. The van der Waals surface area contributed by atoms with Crippen molar-refractivity contribution in [2.75, 3.05) is 7.11 Å². The Morgan fingerprint density at radius 2 is 2.33 bits per heavy atom. The number of nitrogens with zero attached hydrogens (tertiary/aromatic N) is 2. The summed E-state index contributed by atoms with van der Waals surface area (Å²) in [5, 5.41) is 8.47. The third-order valence-corrected chi connectivity index (χ3v) is 2.66. The summed E-state index contributed by atoms with van der Waals surface area (Å²) in [7, 11) is 1.29. The standard InChI is InChI=1S/C9H7BrF2N2O/c1-15-6-4-14-5(2-3-13)8(10)7(6)9(11)12/h4,9H,2H2,1H3. The second kappa shape index (κ2) is 5.03. The van der Waals surface area contributed by atoms with Gasteiger partial charge in [-0.05, 0) is 15.9 Å². The zero-order valence-electron chi connectivity index (χ0n) is 7.80. The molecule has 0 atom stereocenters. The molecule has 0 aliphatic carbocycles. The lowest BCUT2D eigenvalue weighted by Crippen LogP contribution is -2.00. The fourth-order valence-electron chi connectivity index (χ4n) is 1.09. The van der Waals surface area contributed by atoms with Crippen molar-refractivity contribution in [2.24, 2.45) is 0 Å². The fourth-order valence-corrected chi connectivity index (χ4v) is 1.70. The highest BCUT2D eigenvalue weighted by atomic mass is 79.9. The van der Waals surface area contributed by atoms with Crippen LogP contribution >= 0.6 is 15.9 Å². The van der Waals surface area contributed by atoms with Crippen molar-refractivity contribution in [1.29, 1.82) is 5.26 Å². The molecule has 0 radical (unpaired) electrons. The number of aromatic nitrogens is 1. The maximum absolute atomic E-state index is 12.7. The van der Waals surface area contributed by atoms with Crippen LogP contribution in [0.1, 0.15) is 17.7 Å². The highest BCUT2D eigenvalue weighted by molar-refractivity contribution is 9.10. The highest BCUT2D eigenvalue weighted by Gasteiger charge is 2.21. The van der Waals surface area contributed by atoms with Crippen molar-refractivity contribution in [1.82, 2.24) is 4.98 Å².